The van der Waals surface area contributed by atoms with Crippen molar-refractivity contribution in [1.29, 1.82) is 0 Å². The van der Waals surface area contributed by atoms with Crippen molar-refractivity contribution >= 4 is 17.7 Å². The lowest BCUT2D eigenvalue weighted by Gasteiger charge is -2.16. The molecule has 0 spiro atoms. The predicted molar refractivity (Wildman–Crippen MR) is 123 cm³/mol. The Morgan fingerprint density at radius 2 is 1.83 bits per heavy atom. The third-order valence-corrected chi connectivity index (χ3v) is 4.77. The summed E-state index contributed by atoms with van der Waals surface area (Å²) in [6, 6.07) is 13.1. The summed E-state index contributed by atoms with van der Waals surface area (Å²) in [5.41, 5.74) is 6.87. The summed E-state index contributed by atoms with van der Waals surface area (Å²) < 4.78 is 46.2. The quantitative estimate of drug-likeness (QED) is 0.398. The van der Waals surface area contributed by atoms with Gasteiger partial charge in [0.15, 0.2) is 6.61 Å². The van der Waals surface area contributed by atoms with Gasteiger partial charge in [-0.1, -0.05) is 6.07 Å². The number of alkyl halides is 2. The Balaban J connectivity index is 1.78. The second-order valence-electron chi connectivity index (χ2n) is 7.39. The number of nitrogen functional groups attached to an aromatic ring is 1. The molecule has 1 aromatic carbocycles. The number of aryl methyl sites for hydroxylation is 1. The third-order valence-electron chi connectivity index (χ3n) is 4.77. The number of rotatable bonds is 7. The van der Waals surface area contributed by atoms with E-state index in [-0.39, 0.29) is 28.6 Å². The highest BCUT2D eigenvalue weighted by molar-refractivity contribution is 5.91. The lowest BCUT2D eigenvalue weighted by Crippen LogP contribution is -2.21. The molecule has 0 fully saturated rings. The van der Waals surface area contributed by atoms with Gasteiger partial charge in [-0.15, -0.1) is 0 Å². The highest BCUT2D eigenvalue weighted by Gasteiger charge is 2.22. The number of carbonyl (C=O) groups excluding carboxylic acids is 1. The number of carbonyl (C=O) groups is 1. The highest BCUT2D eigenvalue weighted by atomic mass is 19.3. The molecule has 0 saturated heterocycles. The van der Waals surface area contributed by atoms with Crippen molar-refractivity contribution in [2.24, 2.45) is 0 Å². The molecule has 1 amide bonds. The molecule has 35 heavy (non-hydrogen) atoms. The van der Waals surface area contributed by atoms with Crippen LogP contribution in [0.25, 0.3) is 22.4 Å². The van der Waals surface area contributed by atoms with Crippen LogP contribution in [0.1, 0.15) is 17.8 Å². The van der Waals surface area contributed by atoms with Crippen molar-refractivity contribution in [2.75, 3.05) is 17.7 Å². The normalized spacial score (nSPS) is 10.9. The molecule has 0 aliphatic carbocycles. The van der Waals surface area contributed by atoms with Crippen LogP contribution >= 0.6 is 0 Å². The number of hydrogen-bond donors (Lipinski definition) is 2. The Kier molecular flexibility index (Phi) is 6.86. The number of pyridine rings is 2. The molecular weight excluding hydrogens is 461 g/mol. The lowest BCUT2D eigenvalue weighted by molar-refractivity contribution is -0.118. The van der Waals surface area contributed by atoms with Gasteiger partial charge in [-0.25, -0.2) is 23.1 Å². The highest BCUT2D eigenvalue weighted by Crippen LogP contribution is 2.39. The Morgan fingerprint density at radius 1 is 1.06 bits per heavy atom. The van der Waals surface area contributed by atoms with E-state index in [0.717, 1.165) is 0 Å². The van der Waals surface area contributed by atoms with Crippen LogP contribution in [0.5, 0.6) is 5.88 Å². The average Bonchev–Trinajstić information content (AvgIpc) is 2.83. The lowest BCUT2D eigenvalue weighted by atomic mass is 9.99. The largest absolute Gasteiger partial charge is 0.467 e. The van der Waals surface area contributed by atoms with Crippen LogP contribution in [0.4, 0.5) is 24.9 Å². The van der Waals surface area contributed by atoms with Gasteiger partial charge in [0.2, 0.25) is 11.8 Å². The number of amides is 1. The predicted octanol–water partition coefficient (Wildman–Crippen LogP) is 4.59. The zero-order valence-electron chi connectivity index (χ0n) is 18.4. The Labute approximate surface area is 198 Å². The zero-order valence-corrected chi connectivity index (χ0v) is 18.4. The van der Waals surface area contributed by atoms with Gasteiger partial charge in [0.1, 0.15) is 17.3 Å². The molecule has 4 aromatic rings. The van der Waals surface area contributed by atoms with Crippen LogP contribution in [-0.2, 0) is 4.79 Å². The van der Waals surface area contributed by atoms with E-state index in [1.807, 2.05) is 0 Å². The summed E-state index contributed by atoms with van der Waals surface area (Å²) in [5, 5.41) is 2.57. The van der Waals surface area contributed by atoms with Crippen LogP contribution in [0.15, 0.2) is 60.8 Å². The maximum atomic E-state index is 13.5. The monoisotopic (exact) mass is 480 g/mol. The fourth-order valence-corrected chi connectivity index (χ4v) is 3.34. The molecule has 3 heterocycles. The standard InChI is InChI=1S/C24H19F3N6O2/c1-13-10-15(11-17(30-13)22(26)27)20-21(14-5-7-16(25)8-6-14)32-24(28)33-23(20)35-12-19(34)31-18-4-2-3-9-29-18/h2-11,22H,12H2,1H3,(H2,28,32,33)(H,29,31,34). The maximum Gasteiger partial charge on any atom is 0.280 e. The van der Waals surface area contributed by atoms with Crippen molar-refractivity contribution in [3.8, 4) is 28.3 Å². The summed E-state index contributed by atoms with van der Waals surface area (Å²) in [4.78, 5) is 28.6. The number of hydrogen-bond acceptors (Lipinski definition) is 7. The Bertz CT molecular complexity index is 1350. The molecule has 3 N–H and O–H groups in total. The van der Waals surface area contributed by atoms with E-state index in [9.17, 15) is 18.0 Å². The van der Waals surface area contributed by atoms with Crippen molar-refractivity contribution in [2.45, 2.75) is 13.3 Å². The van der Waals surface area contributed by atoms with E-state index in [2.05, 4.69) is 25.3 Å². The van der Waals surface area contributed by atoms with Gasteiger partial charge >= 0.3 is 0 Å². The molecule has 0 unspecified atom stereocenters. The first-order valence-corrected chi connectivity index (χ1v) is 10.3. The second kappa shape index (κ2) is 10.2. The van der Waals surface area contributed by atoms with E-state index in [0.29, 0.717) is 17.1 Å². The van der Waals surface area contributed by atoms with E-state index < -0.39 is 30.5 Å². The minimum Gasteiger partial charge on any atom is -0.467 e. The summed E-state index contributed by atoms with van der Waals surface area (Å²) in [6.45, 7) is 1.08. The van der Waals surface area contributed by atoms with Crippen molar-refractivity contribution in [1.82, 2.24) is 19.9 Å². The summed E-state index contributed by atoms with van der Waals surface area (Å²) in [7, 11) is 0. The van der Waals surface area contributed by atoms with Crippen molar-refractivity contribution < 1.29 is 22.7 Å². The fraction of sp³-hybridized carbons (Fsp3) is 0.125. The zero-order chi connectivity index (χ0) is 24.9. The van der Waals surface area contributed by atoms with E-state index in [1.165, 1.54) is 36.5 Å². The van der Waals surface area contributed by atoms with Crippen LogP contribution < -0.4 is 15.8 Å². The summed E-state index contributed by atoms with van der Waals surface area (Å²) in [6.07, 6.45) is -1.31. The number of anilines is 2. The molecule has 0 saturated carbocycles. The topological polar surface area (TPSA) is 116 Å². The van der Waals surface area contributed by atoms with Gasteiger partial charge in [-0.2, -0.15) is 4.98 Å². The Hall–Kier alpha value is -4.54. The number of nitrogens with two attached hydrogens (primary N) is 1. The molecule has 0 radical (unpaired) electrons. The molecule has 0 aliphatic heterocycles. The summed E-state index contributed by atoms with van der Waals surface area (Å²) >= 11 is 0. The molecule has 0 bridgehead atoms. The van der Waals surface area contributed by atoms with E-state index in [1.54, 1.807) is 31.2 Å². The van der Waals surface area contributed by atoms with Crippen LogP contribution in [0.3, 0.4) is 0 Å². The first kappa shape index (κ1) is 23.6. The number of nitrogens with one attached hydrogen (secondary N) is 1. The molecule has 178 valence electrons. The first-order valence-electron chi connectivity index (χ1n) is 10.3. The summed E-state index contributed by atoms with van der Waals surface area (Å²) in [5.74, 6) is -0.983. The number of aromatic nitrogens is 4. The van der Waals surface area contributed by atoms with Gasteiger partial charge in [-0.05, 0) is 61.0 Å². The van der Waals surface area contributed by atoms with Crippen molar-refractivity contribution in [3.05, 3.63) is 78.0 Å². The van der Waals surface area contributed by atoms with Crippen LogP contribution in [0.2, 0.25) is 0 Å². The van der Waals surface area contributed by atoms with Gasteiger partial charge < -0.3 is 15.8 Å². The van der Waals surface area contributed by atoms with Gasteiger partial charge in [0.05, 0.1) is 11.3 Å². The van der Waals surface area contributed by atoms with Crippen molar-refractivity contribution in [3.63, 3.8) is 0 Å². The van der Waals surface area contributed by atoms with Gasteiger partial charge in [-0.3, -0.25) is 9.78 Å². The first-order chi connectivity index (χ1) is 16.8. The molecule has 3 aromatic heterocycles. The smallest absolute Gasteiger partial charge is 0.280 e. The number of halogens is 3. The number of nitrogens with zero attached hydrogens (tertiary/aromatic N) is 4. The minimum absolute atomic E-state index is 0.112. The van der Waals surface area contributed by atoms with Gasteiger partial charge in [0, 0.05) is 17.5 Å². The van der Waals surface area contributed by atoms with Crippen LogP contribution in [0, 0.1) is 12.7 Å². The maximum absolute atomic E-state index is 13.5. The molecule has 11 heteroatoms. The Morgan fingerprint density at radius 3 is 2.51 bits per heavy atom. The molecule has 0 atom stereocenters. The third kappa shape index (κ3) is 5.69. The number of ether oxygens (including phenoxy) is 1. The molecular formula is C24H19F3N6O2. The fourth-order valence-electron chi connectivity index (χ4n) is 3.34. The van der Waals surface area contributed by atoms with Gasteiger partial charge in [0.25, 0.3) is 12.3 Å². The molecule has 8 nitrogen and oxygen atoms in total. The second-order valence-corrected chi connectivity index (χ2v) is 7.39. The van der Waals surface area contributed by atoms with E-state index >= 15 is 0 Å². The minimum atomic E-state index is -2.83. The SMILES string of the molecule is Cc1cc(-c2c(OCC(=O)Nc3ccccn3)nc(N)nc2-c2ccc(F)cc2)cc(C(F)F)n1. The molecule has 4 rings (SSSR count). The average molecular weight is 480 g/mol. The van der Waals surface area contributed by atoms with E-state index in [4.69, 9.17) is 10.5 Å². The van der Waals surface area contributed by atoms with Crippen LogP contribution in [-0.4, -0.2) is 32.4 Å². The molecule has 0 aliphatic rings. The number of benzene rings is 1.